The average Bonchev–Trinajstić information content (AvgIpc) is 3.50. The van der Waals surface area contributed by atoms with Crippen molar-refractivity contribution in [3.63, 3.8) is 0 Å². The third-order valence-corrected chi connectivity index (χ3v) is 6.14. The van der Waals surface area contributed by atoms with E-state index in [4.69, 9.17) is 9.47 Å². The van der Waals surface area contributed by atoms with Gasteiger partial charge in [0.1, 0.15) is 17.2 Å². The molecule has 166 valence electrons. The summed E-state index contributed by atoms with van der Waals surface area (Å²) >= 11 is 0. The third kappa shape index (κ3) is 3.53. The minimum absolute atomic E-state index is 0.114. The fraction of sp³-hybridized carbons (Fsp3) is 0.200. The second kappa shape index (κ2) is 7.81. The van der Waals surface area contributed by atoms with Crippen LogP contribution in [-0.4, -0.2) is 53.2 Å². The van der Waals surface area contributed by atoms with Crippen LogP contribution in [0.4, 0.5) is 10.1 Å². The Labute approximate surface area is 189 Å². The predicted octanol–water partition coefficient (Wildman–Crippen LogP) is 3.83. The number of piperazine rings is 1. The van der Waals surface area contributed by atoms with E-state index < -0.39 is 0 Å². The van der Waals surface area contributed by atoms with Crippen LogP contribution >= 0.6 is 0 Å². The highest BCUT2D eigenvalue weighted by Crippen LogP contribution is 2.36. The van der Waals surface area contributed by atoms with Crippen LogP contribution in [0.2, 0.25) is 0 Å². The second-order valence-electron chi connectivity index (χ2n) is 8.11. The first-order valence-corrected chi connectivity index (χ1v) is 10.8. The Morgan fingerprint density at radius 3 is 2.52 bits per heavy atom. The molecular weight excluding hydrogens is 423 g/mol. The fourth-order valence-corrected chi connectivity index (χ4v) is 4.36. The summed E-state index contributed by atoms with van der Waals surface area (Å²) in [5, 5.41) is 0. The van der Waals surface area contributed by atoms with Gasteiger partial charge in [-0.3, -0.25) is 4.79 Å². The summed E-state index contributed by atoms with van der Waals surface area (Å²) in [6.07, 6.45) is 3.71. The monoisotopic (exact) mass is 444 g/mol. The van der Waals surface area contributed by atoms with Crippen molar-refractivity contribution in [3.05, 3.63) is 78.5 Å². The Morgan fingerprint density at radius 1 is 0.879 bits per heavy atom. The summed E-state index contributed by atoms with van der Waals surface area (Å²) < 4.78 is 26.8. The van der Waals surface area contributed by atoms with Crippen LogP contribution < -0.4 is 14.4 Å². The number of halogens is 1. The Morgan fingerprint density at radius 2 is 1.67 bits per heavy atom. The Balaban J connectivity index is 1.19. The molecule has 1 fully saturated rings. The van der Waals surface area contributed by atoms with Gasteiger partial charge in [0, 0.05) is 38.6 Å². The lowest BCUT2D eigenvalue weighted by molar-refractivity contribution is 0.0741. The smallest absolute Gasteiger partial charge is 0.274 e. The van der Waals surface area contributed by atoms with Gasteiger partial charge in [0.25, 0.3) is 5.91 Å². The minimum Gasteiger partial charge on any atom is -0.454 e. The van der Waals surface area contributed by atoms with E-state index in [1.165, 1.54) is 6.07 Å². The molecule has 0 atom stereocenters. The molecule has 0 N–H and O–H groups in total. The van der Waals surface area contributed by atoms with Gasteiger partial charge in [0.15, 0.2) is 11.5 Å². The molecule has 2 aliphatic rings. The fourth-order valence-electron chi connectivity index (χ4n) is 4.36. The summed E-state index contributed by atoms with van der Waals surface area (Å²) in [6, 6.07) is 16.4. The molecule has 1 saturated heterocycles. The molecule has 33 heavy (non-hydrogen) atoms. The highest BCUT2D eigenvalue weighted by atomic mass is 19.1. The van der Waals surface area contributed by atoms with Crippen molar-refractivity contribution < 1.29 is 18.7 Å². The van der Waals surface area contributed by atoms with E-state index in [9.17, 15) is 9.18 Å². The number of carbonyl (C=O) groups excluding carboxylic acids is 1. The molecule has 8 heteroatoms. The number of benzene rings is 2. The lowest BCUT2D eigenvalue weighted by atomic mass is 10.1. The van der Waals surface area contributed by atoms with E-state index in [1.807, 2.05) is 51.9 Å². The van der Waals surface area contributed by atoms with E-state index >= 15 is 0 Å². The van der Waals surface area contributed by atoms with Crippen LogP contribution in [-0.2, 0) is 0 Å². The van der Waals surface area contributed by atoms with Crippen LogP contribution in [0.5, 0.6) is 11.5 Å². The van der Waals surface area contributed by atoms with Crippen molar-refractivity contribution in [2.24, 2.45) is 0 Å². The van der Waals surface area contributed by atoms with Crippen LogP contribution in [0, 0.1) is 5.82 Å². The number of pyridine rings is 1. The average molecular weight is 444 g/mol. The van der Waals surface area contributed by atoms with Crippen molar-refractivity contribution >= 4 is 17.2 Å². The summed E-state index contributed by atoms with van der Waals surface area (Å²) in [5.74, 6) is 1.11. The van der Waals surface area contributed by atoms with Gasteiger partial charge >= 0.3 is 0 Å². The molecule has 2 aromatic heterocycles. The summed E-state index contributed by atoms with van der Waals surface area (Å²) in [6.45, 7) is 2.43. The zero-order valence-electron chi connectivity index (χ0n) is 17.8. The molecule has 0 aliphatic carbocycles. The van der Waals surface area contributed by atoms with Crippen molar-refractivity contribution in [1.82, 2.24) is 14.3 Å². The van der Waals surface area contributed by atoms with Gasteiger partial charge in [-0.05, 0) is 47.5 Å². The Kier molecular flexibility index (Phi) is 4.64. The highest BCUT2D eigenvalue weighted by Gasteiger charge is 2.25. The van der Waals surface area contributed by atoms with Crippen LogP contribution in [0.15, 0.2) is 67.0 Å². The van der Waals surface area contributed by atoms with E-state index in [-0.39, 0.29) is 18.5 Å². The standard InChI is InChI=1S/C25H21FN4O3/c26-19-3-1-2-4-21(19)28-9-11-29(12-10-28)25(31)20-15-30-14-18(6-8-24(30)27-20)17-5-7-22-23(13-17)33-16-32-22/h1-8,13-15H,9-12,16H2. The van der Waals surface area contributed by atoms with Crippen molar-refractivity contribution in [3.8, 4) is 22.6 Å². The third-order valence-electron chi connectivity index (χ3n) is 6.14. The lowest BCUT2D eigenvalue weighted by Gasteiger charge is -2.35. The van der Waals surface area contributed by atoms with Crippen LogP contribution in [0.1, 0.15) is 10.5 Å². The summed E-state index contributed by atoms with van der Waals surface area (Å²) in [4.78, 5) is 21.4. The van der Waals surface area contributed by atoms with Gasteiger partial charge in [-0.1, -0.05) is 18.2 Å². The molecule has 0 spiro atoms. The first-order chi connectivity index (χ1) is 16.2. The number of hydrogen-bond acceptors (Lipinski definition) is 5. The first kappa shape index (κ1) is 19.6. The van der Waals surface area contributed by atoms with Gasteiger partial charge in [-0.25, -0.2) is 9.37 Å². The van der Waals surface area contributed by atoms with Gasteiger partial charge in [-0.2, -0.15) is 0 Å². The molecule has 7 nitrogen and oxygen atoms in total. The van der Waals surface area contributed by atoms with Crippen molar-refractivity contribution in [2.45, 2.75) is 0 Å². The first-order valence-electron chi connectivity index (χ1n) is 10.8. The number of carbonyl (C=O) groups is 1. The number of ether oxygens (including phenoxy) is 2. The lowest BCUT2D eigenvalue weighted by Crippen LogP contribution is -2.49. The molecule has 0 saturated carbocycles. The molecule has 0 unspecified atom stereocenters. The van der Waals surface area contributed by atoms with Crippen molar-refractivity contribution in [2.75, 3.05) is 37.9 Å². The Hall–Kier alpha value is -4.07. The molecule has 0 radical (unpaired) electrons. The number of nitrogens with zero attached hydrogens (tertiary/aromatic N) is 4. The van der Waals surface area contributed by atoms with E-state index in [1.54, 1.807) is 23.2 Å². The highest BCUT2D eigenvalue weighted by molar-refractivity contribution is 5.93. The number of imidazole rings is 1. The number of anilines is 1. The van der Waals surface area contributed by atoms with Crippen molar-refractivity contribution in [1.29, 1.82) is 0 Å². The number of amides is 1. The van der Waals surface area contributed by atoms with Crippen LogP contribution in [0.25, 0.3) is 16.8 Å². The topological polar surface area (TPSA) is 59.3 Å². The molecule has 6 rings (SSSR count). The molecule has 0 bridgehead atoms. The van der Waals surface area contributed by atoms with E-state index in [2.05, 4.69) is 4.98 Å². The second-order valence-corrected chi connectivity index (χ2v) is 8.11. The minimum atomic E-state index is -0.240. The Bertz CT molecular complexity index is 1360. The quantitative estimate of drug-likeness (QED) is 0.481. The van der Waals surface area contributed by atoms with Gasteiger partial charge < -0.3 is 23.7 Å². The molecule has 1 amide bonds. The van der Waals surface area contributed by atoms with E-state index in [0.717, 1.165) is 22.6 Å². The number of rotatable bonds is 3. The predicted molar refractivity (Wildman–Crippen MR) is 121 cm³/mol. The van der Waals surface area contributed by atoms with E-state index in [0.29, 0.717) is 43.2 Å². The normalized spacial score (nSPS) is 15.3. The summed E-state index contributed by atoms with van der Waals surface area (Å²) in [5.41, 5.74) is 3.65. The molecule has 2 aliphatic heterocycles. The largest absolute Gasteiger partial charge is 0.454 e. The SMILES string of the molecule is O=C(c1cn2cc(-c3ccc4c(c3)OCO4)ccc2n1)N1CCN(c2ccccc2F)CC1. The maximum Gasteiger partial charge on any atom is 0.274 e. The van der Waals surface area contributed by atoms with Gasteiger partial charge in [-0.15, -0.1) is 0 Å². The zero-order chi connectivity index (χ0) is 22.4. The number of aromatic nitrogens is 2. The van der Waals surface area contributed by atoms with Gasteiger partial charge in [0.2, 0.25) is 6.79 Å². The van der Waals surface area contributed by atoms with Crippen LogP contribution in [0.3, 0.4) is 0 Å². The number of para-hydroxylation sites is 1. The number of fused-ring (bicyclic) bond motifs is 2. The maximum atomic E-state index is 14.1. The maximum absolute atomic E-state index is 14.1. The zero-order valence-corrected chi connectivity index (χ0v) is 17.8. The van der Waals surface area contributed by atoms with Gasteiger partial charge in [0.05, 0.1) is 5.69 Å². The molecule has 2 aromatic carbocycles. The molecule has 4 heterocycles. The molecular formula is C25H21FN4O3. The number of hydrogen-bond donors (Lipinski definition) is 0. The molecule has 4 aromatic rings. The summed E-state index contributed by atoms with van der Waals surface area (Å²) in [7, 11) is 0.